The second-order valence-corrected chi connectivity index (χ2v) is 8.09. The van der Waals surface area contributed by atoms with Crippen molar-refractivity contribution >= 4 is 21.6 Å². The van der Waals surface area contributed by atoms with E-state index in [-0.39, 0.29) is 5.54 Å². The molecule has 3 N–H and O–H groups in total. The summed E-state index contributed by atoms with van der Waals surface area (Å²) in [7, 11) is -2.23. The van der Waals surface area contributed by atoms with Crippen molar-refractivity contribution in [3.05, 3.63) is 29.8 Å². The molecule has 0 radical (unpaired) electrons. The predicted molar refractivity (Wildman–Crippen MR) is 91.9 cm³/mol. The average Bonchev–Trinajstić information content (AvgIpc) is 2.96. The number of rotatable bonds is 7. The standard InChI is InChI=1S/C16H25N3O3S/c1-13-7-3-4-8-14(13)19-16(9-5-6-10-16)12-18-15(20)11-23(21,22)17-2/h3-4,7-8,17,19H,5-6,9-12H2,1-2H3,(H,18,20). The third kappa shape index (κ3) is 4.94. The smallest absolute Gasteiger partial charge is 0.236 e. The van der Waals surface area contributed by atoms with E-state index in [9.17, 15) is 13.2 Å². The van der Waals surface area contributed by atoms with Gasteiger partial charge in [-0.05, 0) is 38.4 Å². The quantitative estimate of drug-likeness (QED) is 0.700. The first-order chi connectivity index (χ1) is 10.9. The van der Waals surface area contributed by atoms with Gasteiger partial charge in [0, 0.05) is 12.2 Å². The number of carbonyl (C=O) groups excluding carboxylic acids is 1. The minimum atomic E-state index is -3.53. The highest BCUT2D eigenvalue weighted by Gasteiger charge is 2.34. The number of anilines is 1. The van der Waals surface area contributed by atoms with Crippen LogP contribution in [0.2, 0.25) is 0 Å². The third-order valence-corrected chi connectivity index (χ3v) is 5.63. The van der Waals surface area contributed by atoms with Crippen LogP contribution in [-0.4, -0.2) is 39.2 Å². The van der Waals surface area contributed by atoms with Gasteiger partial charge < -0.3 is 10.6 Å². The van der Waals surface area contributed by atoms with E-state index in [1.807, 2.05) is 31.2 Å². The van der Waals surface area contributed by atoms with Crippen LogP contribution in [0.1, 0.15) is 31.2 Å². The van der Waals surface area contributed by atoms with Crippen LogP contribution >= 0.6 is 0 Å². The molecule has 1 aliphatic rings. The zero-order valence-electron chi connectivity index (χ0n) is 13.7. The number of hydrogen-bond acceptors (Lipinski definition) is 4. The SMILES string of the molecule is CNS(=O)(=O)CC(=O)NCC1(Nc2ccccc2C)CCCC1. The van der Waals surface area contributed by atoms with Crippen LogP contribution in [0.4, 0.5) is 5.69 Å². The average molecular weight is 339 g/mol. The number of sulfonamides is 1. The van der Waals surface area contributed by atoms with Crippen LogP contribution in [0.3, 0.4) is 0 Å². The van der Waals surface area contributed by atoms with Crippen molar-refractivity contribution in [2.24, 2.45) is 0 Å². The Bertz CT molecular complexity index is 652. The van der Waals surface area contributed by atoms with Gasteiger partial charge in [-0.2, -0.15) is 0 Å². The first-order valence-corrected chi connectivity index (χ1v) is 9.53. The second-order valence-electron chi connectivity index (χ2n) is 6.17. The molecule has 1 fully saturated rings. The van der Waals surface area contributed by atoms with Gasteiger partial charge in [0.1, 0.15) is 5.75 Å². The van der Waals surface area contributed by atoms with Gasteiger partial charge in [0.05, 0.1) is 5.54 Å². The van der Waals surface area contributed by atoms with Crippen LogP contribution in [0, 0.1) is 6.92 Å². The van der Waals surface area contributed by atoms with Crippen molar-refractivity contribution in [3.8, 4) is 0 Å². The lowest BCUT2D eigenvalue weighted by Gasteiger charge is -2.32. The number of benzene rings is 1. The van der Waals surface area contributed by atoms with Gasteiger partial charge in [-0.3, -0.25) is 4.79 Å². The van der Waals surface area contributed by atoms with Crippen LogP contribution in [0.15, 0.2) is 24.3 Å². The summed E-state index contributed by atoms with van der Waals surface area (Å²) in [6.07, 6.45) is 4.12. The topological polar surface area (TPSA) is 87.3 Å². The molecule has 23 heavy (non-hydrogen) atoms. The molecular formula is C16H25N3O3S. The van der Waals surface area contributed by atoms with Crippen molar-refractivity contribution in [1.82, 2.24) is 10.0 Å². The molecule has 1 saturated carbocycles. The Balaban J connectivity index is 2.01. The molecule has 0 aromatic heterocycles. The highest BCUT2D eigenvalue weighted by molar-refractivity contribution is 7.90. The largest absolute Gasteiger partial charge is 0.378 e. The molecule has 0 spiro atoms. The fourth-order valence-corrected chi connectivity index (χ4v) is 3.55. The van der Waals surface area contributed by atoms with Crippen molar-refractivity contribution < 1.29 is 13.2 Å². The van der Waals surface area contributed by atoms with Crippen LogP contribution in [-0.2, 0) is 14.8 Å². The molecule has 0 saturated heterocycles. The number of nitrogens with one attached hydrogen (secondary N) is 3. The minimum absolute atomic E-state index is 0.203. The van der Waals surface area contributed by atoms with E-state index >= 15 is 0 Å². The Morgan fingerprint density at radius 3 is 2.48 bits per heavy atom. The summed E-state index contributed by atoms with van der Waals surface area (Å²) < 4.78 is 25.0. The molecule has 128 valence electrons. The predicted octanol–water partition coefficient (Wildman–Crippen LogP) is 1.39. The lowest BCUT2D eigenvalue weighted by molar-refractivity contribution is -0.118. The van der Waals surface area contributed by atoms with E-state index in [1.54, 1.807) is 0 Å². The summed E-state index contributed by atoms with van der Waals surface area (Å²) in [4.78, 5) is 11.9. The maximum absolute atomic E-state index is 11.9. The van der Waals surface area contributed by atoms with E-state index in [0.717, 1.165) is 36.9 Å². The molecule has 6 nitrogen and oxygen atoms in total. The molecule has 0 bridgehead atoms. The Morgan fingerprint density at radius 2 is 1.87 bits per heavy atom. The molecule has 1 aliphatic carbocycles. The van der Waals surface area contributed by atoms with Gasteiger partial charge in [0.25, 0.3) is 0 Å². The molecule has 7 heteroatoms. The number of aryl methyl sites for hydroxylation is 1. The maximum atomic E-state index is 11.9. The second kappa shape index (κ2) is 7.31. The maximum Gasteiger partial charge on any atom is 0.236 e. The first-order valence-electron chi connectivity index (χ1n) is 7.88. The van der Waals surface area contributed by atoms with Gasteiger partial charge in [-0.15, -0.1) is 0 Å². The summed E-state index contributed by atoms with van der Waals surface area (Å²) in [5, 5.41) is 6.35. The number of para-hydroxylation sites is 1. The van der Waals surface area contributed by atoms with Gasteiger partial charge in [-0.1, -0.05) is 31.0 Å². The summed E-state index contributed by atoms with van der Waals surface area (Å²) in [6.45, 7) is 2.47. The molecule has 0 unspecified atom stereocenters. The molecule has 1 amide bonds. The van der Waals surface area contributed by atoms with Gasteiger partial charge in [0.2, 0.25) is 15.9 Å². The summed E-state index contributed by atoms with van der Waals surface area (Å²) >= 11 is 0. The van der Waals surface area contributed by atoms with E-state index in [1.165, 1.54) is 7.05 Å². The molecule has 0 heterocycles. The zero-order chi connectivity index (χ0) is 16.9. The first kappa shape index (κ1) is 17.7. The lowest BCUT2D eigenvalue weighted by atomic mass is 9.96. The molecule has 1 aromatic carbocycles. The van der Waals surface area contributed by atoms with Crippen molar-refractivity contribution in [2.75, 3.05) is 24.7 Å². The van der Waals surface area contributed by atoms with E-state index < -0.39 is 21.7 Å². The summed E-state index contributed by atoms with van der Waals surface area (Å²) in [6, 6.07) is 8.05. The summed E-state index contributed by atoms with van der Waals surface area (Å²) in [5.74, 6) is -1.01. The normalized spacial score (nSPS) is 17.0. The van der Waals surface area contributed by atoms with Crippen molar-refractivity contribution in [1.29, 1.82) is 0 Å². The molecule has 0 aliphatic heterocycles. The molecule has 2 rings (SSSR count). The highest BCUT2D eigenvalue weighted by Crippen LogP contribution is 2.33. The molecular weight excluding hydrogens is 314 g/mol. The summed E-state index contributed by atoms with van der Waals surface area (Å²) in [5.41, 5.74) is 2.01. The number of amides is 1. The number of carbonyl (C=O) groups is 1. The minimum Gasteiger partial charge on any atom is -0.378 e. The van der Waals surface area contributed by atoms with E-state index in [2.05, 4.69) is 15.4 Å². The highest BCUT2D eigenvalue weighted by atomic mass is 32.2. The van der Waals surface area contributed by atoms with Gasteiger partial charge in [-0.25, -0.2) is 13.1 Å². The van der Waals surface area contributed by atoms with Crippen LogP contribution in [0.25, 0.3) is 0 Å². The van der Waals surface area contributed by atoms with Crippen LogP contribution < -0.4 is 15.4 Å². The van der Waals surface area contributed by atoms with Crippen molar-refractivity contribution in [2.45, 2.75) is 38.1 Å². The third-order valence-electron chi connectivity index (χ3n) is 4.36. The Labute approximate surface area is 138 Å². The Hall–Kier alpha value is -1.60. The molecule has 0 atom stereocenters. The fraction of sp³-hybridized carbons (Fsp3) is 0.562. The van der Waals surface area contributed by atoms with Gasteiger partial charge >= 0.3 is 0 Å². The van der Waals surface area contributed by atoms with E-state index in [4.69, 9.17) is 0 Å². The zero-order valence-corrected chi connectivity index (χ0v) is 14.5. The Kier molecular flexibility index (Phi) is 5.64. The monoisotopic (exact) mass is 339 g/mol. The number of hydrogen-bond donors (Lipinski definition) is 3. The van der Waals surface area contributed by atoms with E-state index in [0.29, 0.717) is 6.54 Å². The lowest BCUT2D eigenvalue weighted by Crippen LogP contribution is -2.48. The Morgan fingerprint density at radius 1 is 1.22 bits per heavy atom. The van der Waals surface area contributed by atoms with Gasteiger partial charge in [0.15, 0.2) is 0 Å². The van der Waals surface area contributed by atoms with Crippen LogP contribution in [0.5, 0.6) is 0 Å². The fourth-order valence-electron chi connectivity index (χ4n) is 2.96. The van der Waals surface area contributed by atoms with Crippen molar-refractivity contribution in [3.63, 3.8) is 0 Å². The molecule has 1 aromatic rings.